The highest BCUT2D eigenvalue weighted by Crippen LogP contribution is 2.16. The van der Waals surface area contributed by atoms with Crippen molar-refractivity contribution >= 4 is 5.91 Å². The number of hydrogen-bond donors (Lipinski definition) is 2. The van der Waals surface area contributed by atoms with Crippen LogP contribution in [0.1, 0.15) is 24.8 Å². The summed E-state index contributed by atoms with van der Waals surface area (Å²) >= 11 is 0. The molecule has 1 aliphatic heterocycles. The molecule has 7 nitrogen and oxygen atoms in total. The van der Waals surface area contributed by atoms with Crippen molar-refractivity contribution in [2.75, 3.05) is 13.6 Å². The van der Waals surface area contributed by atoms with Gasteiger partial charge in [0.2, 0.25) is 11.7 Å². The van der Waals surface area contributed by atoms with Gasteiger partial charge in [-0.25, -0.2) is 0 Å². The zero-order chi connectivity index (χ0) is 15.4. The summed E-state index contributed by atoms with van der Waals surface area (Å²) in [4.78, 5) is 14.4. The molecule has 1 saturated heterocycles. The van der Waals surface area contributed by atoms with Crippen molar-refractivity contribution in [2.45, 2.75) is 31.8 Å². The van der Waals surface area contributed by atoms with Crippen LogP contribution in [0.2, 0.25) is 0 Å². The summed E-state index contributed by atoms with van der Waals surface area (Å²) in [5.41, 5.74) is 1.95. The Labute approximate surface area is 129 Å². The molecule has 0 aliphatic carbocycles. The molecule has 0 bridgehead atoms. The Balaban J connectivity index is 1.56. The molecule has 0 saturated carbocycles. The van der Waals surface area contributed by atoms with E-state index in [9.17, 15) is 4.79 Å². The summed E-state index contributed by atoms with van der Waals surface area (Å²) < 4.78 is 0. The number of likely N-dealkylation sites (N-methyl/N-ethyl adjacent to an activating group) is 1. The molecule has 2 aromatic rings. The van der Waals surface area contributed by atoms with E-state index in [-0.39, 0.29) is 11.9 Å². The zero-order valence-corrected chi connectivity index (χ0v) is 12.6. The van der Waals surface area contributed by atoms with Crippen LogP contribution in [0.5, 0.6) is 0 Å². The van der Waals surface area contributed by atoms with Gasteiger partial charge in [-0.15, -0.1) is 10.2 Å². The largest absolute Gasteiger partial charge is 0.351 e. The Bertz CT molecular complexity index is 609. The minimum atomic E-state index is 0.00681. The van der Waals surface area contributed by atoms with Crippen LogP contribution in [-0.4, -0.2) is 51.1 Å². The molecule has 1 atom stereocenters. The number of tetrazole rings is 1. The number of amides is 1. The highest BCUT2D eigenvalue weighted by molar-refractivity contribution is 5.81. The van der Waals surface area contributed by atoms with Crippen LogP contribution in [0.15, 0.2) is 24.3 Å². The van der Waals surface area contributed by atoms with Gasteiger partial charge in [-0.05, 0) is 37.2 Å². The van der Waals surface area contributed by atoms with Crippen molar-refractivity contribution in [2.24, 2.45) is 0 Å². The number of likely N-dealkylation sites (tertiary alicyclic amines) is 1. The van der Waals surface area contributed by atoms with Crippen molar-refractivity contribution in [1.82, 2.24) is 30.8 Å². The predicted octanol–water partition coefficient (Wildman–Crippen LogP) is 0.967. The Morgan fingerprint density at radius 2 is 2.18 bits per heavy atom. The number of nitrogens with one attached hydrogen (secondary N) is 2. The molecule has 1 aliphatic rings. The summed E-state index contributed by atoms with van der Waals surface area (Å²) in [7, 11) is 2.02. The summed E-state index contributed by atoms with van der Waals surface area (Å²) in [6.45, 7) is 1.53. The molecule has 1 aromatic carbocycles. The Morgan fingerprint density at radius 3 is 2.86 bits per heavy atom. The number of rotatable bonds is 4. The van der Waals surface area contributed by atoms with Gasteiger partial charge in [0.15, 0.2) is 0 Å². The monoisotopic (exact) mass is 300 g/mol. The highest BCUT2D eigenvalue weighted by atomic mass is 16.2. The second kappa shape index (κ2) is 6.65. The van der Waals surface area contributed by atoms with Gasteiger partial charge in [0.05, 0.1) is 6.04 Å². The van der Waals surface area contributed by atoms with E-state index in [0.717, 1.165) is 30.5 Å². The highest BCUT2D eigenvalue weighted by Gasteiger charge is 2.25. The molecule has 3 rings (SSSR count). The lowest BCUT2D eigenvalue weighted by molar-refractivity contribution is -0.127. The molecular formula is C15H20N6O. The quantitative estimate of drug-likeness (QED) is 0.878. The van der Waals surface area contributed by atoms with Gasteiger partial charge in [0, 0.05) is 12.1 Å². The third-order valence-electron chi connectivity index (χ3n) is 4.10. The first-order valence-electron chi connectivity index (χ1n) is 7.55. The van der Waals surface area contributed by atoms with E-state index in [4.69, 9.17) is 0 Å². The first-order chi connectivity index (χ1) is 10.7. The molecule has 2 N–H and O–H groups in total. The summed E-state index contributed by atoms with van der Waals surface area (Å²) in [6.07, 6.45) is 3.25. The summed E-state index contributed by atoms with van der Waals surface area (Å²) in [5.74, 6) is 0.684. The maximum absolute atomic E-state index is 12.3. The van der Waals surface area contributed by atoms with Gasteiger partial charge >= 0.3 is 0 Å². The Kier molecular flexibility index (Phi) is 4.43. The van der Waals surface area contributed by atoms with E-state index in [2.05, 4.69) is 30.8 Å². The van der Waals surface area contributed by atoms with Crippen LogP contribution >= 0.6 is 0 Å². The van der Waals surface area contributed by atoms with Gasteiger partial charge in [-0.1, -0.05) is 30.7 Å². The molecule has 1 aromatic heterocycles. The number of H-pyrrole nitrogens is 1. The SMILES string of the molecule is CN1CCCC[C@@H]1C(=O)NCc1ccc(-c2nn[nH]n2)cc1. The van der Waals surface area contributed by atoms with Gasteiger partial charge < -0.3 is 5.32 Å². The van der Waals surface area contributed by atoms with Crippen LogP contribution in [0, 0.1) is 0 Å². The third kappa shape index (κ3) is 3.30. The van der Waals surface area contributed by atoms with Crippen LogP contribution in [0.3, 0.4) is 0 Å². The minimum Gasteiger partial charge on any atom is -0.351 e. The molecule has 7 heteroatoms. The smallest absolute Gasteiger partial charge is 0.237 e. The minimum absolute atomic E-state index is 0.00681. The van der Waals surface area contributed by atoms with E-state index < -0.39 is 0 Å². The second-order valence-electron chi connectivity index (χ2n) is 5.64. The first kappa shape index (κ1) is 14.6. The van der Waals surface area contributed by atoms with Crippen molar-refractivity contribution < 1.29 is 4.79 Å². The maximum Gasteiger partial charge on any atom is 0.237 e. The Hall–Kier alpha value is -2.28. The fourth-order valence-corrected chi connectivity index (χ4v) is 2.77. The third-order valence-corrected chi connectivity index (χ3v) is 4.10. The van der Waals surface area contributed by atoms with Gasteiger partial charge in [0.1, 0.15) is 0 Å². The number of nitrogens with zero attached hydrogens (tertiary/aromatic N) is 4. The lowest BCUT2D eigenvalue weighted by Crippen LogP contribution is -2.47. The number of aromatic amines is 1. The number of carbonyl (C=O) groups excluding carboxylic acids is 1. The van der Waals surface area contributed by atoms with E-state index in [1.54, 1.807) is 0 Å². The number of hydrogen-bond acceptors (Lipinski definition) is 5. The van der Waals surface area contributed by atoms with Crippen molar-refractivity contribution in [3.05, 3.63) is 29.8 Å². The van der Waals surface area contributed by atoms with E-state index in [1.807, 2.05) is 31.3 Å². The molecule has 1 amide bonds. The van der Waals surface area contributed by atoms with Crippen molar-refractivity contribution in [3.8, 4) is 11.4 Å². The lowest BCUT2D eigenvalue weighted by Gasteiger charge is -2.31. The van der Waals surface area contributed by atoms with Gasteiger partial charge in [-0.3, -0.25) is 9.69 Å². The zero-order valence-electron chi connectivity index (χ0n) is 12.6. The molecule has 0 unspecified atom stereocenters. The standard InChI is InChI=1S/C15H20N6O/c1-21-9-3-2-4-13(21)15(22)16-10-11-5-7-12(8-6-11)14-17-19-20-18-14/h5-8,13H,2-4,9-10H2,1H3,(H,16,22)(H,17,18,19,20)/t13-/m1/s1. The molecular weight excluding hydrogens is 280 g/mol. The fourth-order valence-electron chi connectivity index (χ4n) is 2.77. The van der Waals surface area contributed by atoms with Gasteiger partial charge in [0.25, 0.3) is 0 Å². The first-order valence-corrected chi connectivity index (χ1v) is 7.55. The normalized spacial score (nSPS) is 19.0. The van der Waals surface area contributed by atoms with Gasteiger partial charge in [-0.2, -0.15) is 5.21 Å². The Morgan fingerprint density at radius 1 is 1.36 bits per heavy atom. The van der Waals surface area contributed by atoms with Crippen molar-refractivity contribution in [3.63, 3.8) is 0 Å². The summed E-state index contributed by atoms with van der Waals surface area (Å²) in [5, 5.41) is 16.9. The molecule has 116 valence electrons. The average Bonchev–Trinajstić information content (AvgIpc) is 3.08. The predicted molar refractivity (Wildman–Crippen MR) is 81.7 cm³/mol. The summed E-state index contributed by atoms with van der Waals surface area (Å²) in [6, 6.07) is 7.80. The molecule has 1 fully saturated rings. The van der Waals surface area contributed by atoms with Crippen LogP contribution in [0.4, 0.5) is 0 Å². The number of aromatic nitrogens is 4. The fraction of sp³-hybridized carbons (Fsp3) is 0.467. The topological polar surface area (TPSA) is 86.8 Å². The number of benzene rings is 1. The number of carbonyl (C=O) groups is 1. The van der Waals surface area contributed by atoms with Crippen LogP contribution in [0.25, 0.3) is 11.4 Å². The van der Waals surface area contributed by atoms with Crippen LogP contribution in [-0.2, 0) is 11.3 Å². The molecule has 0 radical (unpaired) electrons. The second-order valence-corrected chi connectivity index (χ2v) is 5.64. The lowest BCUT2D eigenvalue weighted by atomic mass is 10.0. The molecule has 2 heterocycles. The van der Waals surface area contributed by atoms with E-state index in [0.29, 0.717) is 12.4 Å². The van der Waals surface area contributed by atoms with E-state index in [1.165, 1.54) is 6.42 Å². The number of piperidine rings is 1. The average molecular weight is 300 g/mol. The molecule has 0 spiro atoms. The van der Waals surface area contributed by atoms with E-state index >= 15 is 0 Å². The van der Waals surface area contributed by atoms with Crippen molar-refractivity contribution in [1.29, 1.82) is 0 Å². The molecule has 22 heavy (non-hydrogen) atoms. The maximum atomic E-state index is 12.3. The van der Waals surface area contributed by atoms with Crippen LogP contribution < -0.4 is 5.32 Å².